The van der Waals surface area contributed by atoms with Gasteiger partial charge in [0.2, 0.25) is 0 Å². The number of hydrogen-bond acceptors (Lipinski definition) is 5. The fraction of sp³-hybridized carbons (Fsp3) is 0.611. The van der Waals surface area contributed by atoms with Gasteiger partial charge < -0.3 is 4.90 Å². The van der Waals surface area contributed by atoms with Crippen LogP contribution in [0.1, 0.15) is 18.5 Å². The van der Waals surface area contributed by atoms with Crippen molar-refractivity contribution in [1.29, 1.82) is 0 Å². The number of hydrogen-bond donors (Lipinski definition) is 0. The quantitative estimate of drug-likeness (QED) is 0.805. The Morgan fingerprint density at radius 1 is 1.12 bits per heavy atom. The molecular weight excluding hydrogens is 300 g/mol. The van der Waals surface area contributed by atoms with Crippen molar-refractivity contribution in [3.8, 4) is 0 Å². The molecular formula is C18H24N6. The lowest BCUT2D eigenvalue weighted by atomic mass is 9.93. The number of allylic oxidation sites excluding steroid dienone is 2. The van der Waals surface area contributed by atoms with Crippen molar-refractivity contribution in [3.63, 3.8) is 0 Å². The summed E-state index contributed by atoms with van der Waals surface area (Å²) in [5, 5.41) is 4.34. The molecule has 1 saturated carbocycles. The van der Waals surface area contributed by atoms with Crippen LogP contribution in [0.5, 0.6) is 0 Å². The van der Waals surface area contributed by atoms with E-state index in [9.17, 15) is 0 Å². The van der Waals surface area contributed by atoms with E-state index in [4.69, 9.17) is 0 Å². The molecule has 3 aliphatic rings. The maximum atomic E-state index is 4.44. The molecule has 2 aliphatic carbocycles. The van der Waals surface area contributed by atoms with Crippen LogP contribution in [-0.4, -0.2) is 57.2 Å². The highest BCUT2D eigenvalue weighted by atomic mass is 15.4. The van der Waals surface area contributed by atoms with E-state index in [-0.39, 0.29) is 0 Å². The molecule has 6 heteroatoms. The number of aromatic nitrogens is 4. The Labute approximate surface area is 142 Å². The molecule has 2 fully saturated rings. The fourth-order valence-electron chi connectivity index (χ4n) is 4.73. The summed E-state index contributed by atoms with van der Waals surface area (Å²) in [5.74, 6) is 4.43. The molecule has 0 spiro atoms. The van der Waals surface area contributed by atoms with Crippen molar-refractivity contribution in [2.75, 3.05) is 37.6 Å². The summed E-state index contributed by atoms with van der Waals surface area (Å²) in [6.07, 6.45) is 9.31. The first-order chi connectivity index (χ1) is 11.8. The topological polar surface area (TPSA) is 49.6 Å². The molecule has 3 atom stereocenters. The van der Waals surface area contributed by atoms with Gasteiger partial charge in [0.05, 0.1) is 0 Å². The Hall–Kier alpha value is -1.95. The molecule has 1 saturated heterocycles. The smallest absolute Gasteiger partial charge is 0.254 e. The summed E-state index contributed by atoms with van der Waals surface area (Å²) in [5.41, 5.74) is 1.00. The van der Waals surface area contributed by atoms with Crippen LogP contribution in [0, 0.1) is 24.7 Å². The van der Waals surface area contributed by atoms with Crippen LogP contribution in [-0.2, 0) is 0 Å². The van der Waals surface area contributed by atoms with Gasteiger partial charge in [-0.2, -0.15) is 14.6 Å². The third-order valence-corrected chi connectivity index (χ3v) is 5.97. The van der Waals surface area contributed by atoms with Crippen molar-refractivity contribution in [2.45, 2.75) is 19.8 Å². The van der Waals surface area contributed by atoms with E-state index in [0.717, 1.165) is 55.4 Å². The maximum absolute atomic E-state index is 4.44. The van der Waals surface area contributed by atoms with E-state index in [1.165, 1.54) is 19.4 Å². The molecule has 0 N–H and O–H groups in total. The predicted octanol–water partition coefficient (Wildman–Crippen LogP) is 1.77. The molecule has 0 radical (unpaired) electrons. The first-order valence-electron chi connectivity index (χ1n) is 9.09. The third kappa shape index (κ3) is 2.40. The minimum atomic E-state index is 0.696. The monoisotopic (exact) mass is 324 g/mol. The van der Waals surface area contributed by atoms with Gasteiger partial charge >= 0.3 is 0 Å². The van der Waals surface area contributed by atoms with Crippen LogP contribution in [0.3, 0.4) is 0 Å². The molecule has 0 unspecified atom stereocenters. The largest absolute Gasteiger partial charge is 0.354 e. The lowest BCUT2D eigenvalue weighted by Crippen LogP contribution is -2.48. The molecule has 6 nitrogen and oxygen atoms in total. The van der Waals surface area contributed by atoms with Gasteiger partial charge in [0, 0.05) is 44.5 Å². The molecule has 24 heavy (non-hydrogen) atoms. The van der Waals surface area contributed by atoms with Crippen LogP contribution in [0.4, 0.5) is 5.82 Å². The minimum Gasteiger partial charge on any atom is -0.354 e. The van der Waals surface area contributed by atoms with Gasteiger partial charge in [-0.25, -0.2) is 4.98 Å². The summed E-state index contributed by atoms with van der Waals surface area (Å²) in [6.45, 7) is 7.67. The van der Waals surface area contributed by atoms with Crippen molar-refractivity contribution >= 4 is 11.6 Å². The second kappa shape index (κ2) is 5.55. The van der Waals surface area contributed by atoms with Crippen molar-refractivity contribution < 1.29 is 0 Å². The average Bonchev–Trinajstić information content (AvgIpc) is 3.31. The molecule has 2 aromatic rings. The number of rotatable bonds is 3. The van der Waals surface area contributed by atoms with E-state index in [1.54, 1.807) is 6.33 Å². The Balaban J connectivity index is 1.26. The highest BCUT2D eigenvalue weighted by molar-refractivity contribution is 5.47. The summed E-state index contributed by atoms with van der Waals surface area (Å²) in [6, 6.07) is 2.12. The average molecular weight is 324 g/mol. The van der Waals surface area contributed by atoms with E-state index in [0.29, 0.717) is 5.78 Å². The van der Waals surface area contributed by atoms with E-state index in [2.05, 4.69) is 43.1 Å². The number of fused-ring (bicyclic) bond motifs is 3. The molecule has 0 aromatic carbocycles. The van der Waals surface area contributed by atoms with Gasteiger partial charge in [-0.1, -0.05) is 12.2 Å². The Kier molecular flexibility index (Phi) is 3.33. The van der Waals surface area contributed by atoms with Crippen LogP contribution in [0.2, 0.25) is 0 Å². The maximum Gasteiger partial charge on any atom is 0.254 e. The van der Waals surface area contributed by atoms with Gasteiger partial charge in [-0.05, 0) is 37.5 Å². The van der Waals surface area contributed by atoms with E-state index in [1.807, 2.05) is 11.4 Å². The van der Waals surface area contributed by atoms with E-state index < -0.39 is 0 Å². The molecule has 1 aliphatic heterocycles. The Morgan fingerprint density at radius 2 is 2.00 bits per heavy atom. The van der Waals surface area contributed by atoms with Gasteiger partial charge in [0.15, 0.2) is 0 Å². The molecule has 2 bridgehead atoms. The number of piperazine rings is 1. The summed E-state index contributed by atoms with van der Waals surface area (Å²) in [7, 11) is 0. The van der Waals surface area contributed by atoms with Gasteiger partial charge in [0.25, 0.3) is 5.78 Å². The zero-order valence-electron chi connectivity index (χ0n) is 14.2. The van der Waals surface area contributed by atoms with Crippen molar-refractivity contribution in [1.82, 2.24) is 24.5 Å². The second-order valence-corrected chi connectivity index (χ2v) is 7.56. The van der Waals surface area contributed by atoms with Crippen LogP contribution < -0.4 is 4.90 Å². The highest BCUT2D eigenvalue weighted by Crippen LogP contribution is 2.43. The summed E-state index contributed by atoms with van der Waals surface area (Å²) >= 11 is 0. The molecule has 3 heterocycles. The molecule has 2 aromatic heterocycles. The number of anilines is 1. The number of nitrogens with zero attached hydrogens (tertiary/aromatic N) is 6. The molecule has 0 amide bonds. The van der Waals surface area contributed by atoms with Gasteiger partial charge in [-0.15, -0.1) is 0 Å². The zero-order valence-corrected chi connectivity index (χ0v) is 14.2. The summed E-state index contributed by atoms with van der Waals surface area (Å²) in [4.78, 5) is 13.8. The standard InChI is InChI=1S/C18H24N6/c1-13-8-17(24-18(21-13)19-12-20-24)23-6-4-22(5-7-23)11-16-10-14-2-3-15(16)9-14/h2-3,8,12,14-16H,4-7,9-11H2,1H3/t14-,15-,16+/m0/s1. The first kappa shape index (κ1) is 14.4. The van der Waals surface area contributed by atoms with Crippen LogP contribution in [0.25, 0.3) is 5.78 Å². The number of aryl methyl sites for hydroxylation is 1. The summed E-state index contributed by atoms with van der Waals surface area (Å²) < 4.78 is 1.86. The second-order valence-electron chi connectivity index (χ2n) is 7.56. The Morgan fingerprint density at radius 3 is 2.75 bits per heavy atom. The van der Waals surface area contributed by atoms with Gasteiger partial charge in [-0.3, -0.25) is 4.90 Å². The van der Waals surface area contributed by atoms with E-state index >= 15 is 0 Å². The highest BCUT2D eigenvalue weighted by Gasteiger charge is 2.36. The zero-order chi connectivity index (χ0) is 16.1. The lowest BCUT2D eigenvalue weighted by Gasteiger charge is -2.37. The van der Waals surface area contributed by atoms with Crippen molar-refractivity contribution in [2.24, 2.45) is 17.8 Å². The SMILES string of the molecule is Cc1cc(N2CCN(C[C@H]3C[C@H]4C=C[C@H]3C4)CC2)n2ncnc2n1. The lowest BCUT2D eigenvalue weighted by molar-refractivity contribution is 0.203. The molecule has 5 rings (SSSR count). The normalized spacial score (nSPS) is 29.9. The predicted molar refractivity (Wildman–Crippen MR) is 93.0 cm³/mol. The Bertz CT molecular complexity index is 773. The minimum absolute atomic E-state index is 0.696. The van der Waals surface area contributed by atoms with Crippen LogP contribution >= 0.6 is 0 Å². The molecule has 126 valence electrons. The third-order valence-electron chi connectivity index (χ3n) is 5.97. The van der Waals surface area contributed by atoms with Gasteiger partial charge in [0.1, 0.15) is 12.1 Å². The fourth-order valence-corrected chi connectivity index (χ4v) is 4.73. The van der Waals surface area contributed by atoms with Crippen LogP contribution in [0.15, 0.2) is 24.5 Å². The first-order valence-corrected chi connectivity index (χ1v) is 9.09. The van der Waals surface area contributed by atoms with Crippen molar-refractivity contribution in [3.05, 3.63) is 30.2 Å².